The molecule has 5 heteroatoms. The van der Waals surface area contributed by atoms with Gasteiger partial charge in [0.2, 0.25) is 0 Å². The minimum absolute atomic E-state index is 0.0659. The number of hydrogen-bond acceptors (Lipinski definition) is 3. The fourth-order valence-corrected chi connectivity index (χ4v) is 4.23. The number of fused-ring (bicyclic) bond motifs is 1. The number of amides is 1. The molecule has 0 unspecified atom stereocenters. The Morgan fingerprint density at radius 2 is 2.00 bits per heavy atom. The van der Waals surface area contributed by atoms with Crippen molar-refractivity contribution in [2.75, 3.05) is 20.3 Å². The molecule has 136 valence electrons. The third-order valence-corrected chi connectivity index (χ3v) is 5.51. The van der Waals surface area contributed by atoms with Gasteiger partial charge in [0.25, 0.3) is 5.91 Å². The molecule has 1 heterocycles. The zero-order chi connectivity index (χ0) is 18.1. The number of rotatable bonds is 5. The van der Waals surface area contributed by atoms with Gasteiger partial charge >= 0.3 is 0 Å². The molecule has 2 aromatic rings. The van der Waals surface area contributed by atoms with E-state index in [9.17, 15) is 9.18 Å². The summed E-state index contributed by atoms with van der Waals surface area (Å²) in [6.07, 6.45) is 1.16. The Balaban J connectivity index is 1.56. The molecular formula is C21H22FNO3. The molecule has 2 aromatic carbocycles. The second kappa shape index (κ2) is 7.17. The highest BCUT2D eigenvalue weighted by molar-refractivity contribution is 6.01. The summed E-state index contributed by atoms with van der Waals surface area (Å²) in [5.41, 5.74) is 2.21. The Morgan fingerprint density at radius 1 is 1.23 bits per heavy atom. The van der Waals surface area contributed by atoms with E-state index in [-0.39, 0.29) is 29.8 Å². The average Bonchev–Trinajstić information content (AvgIpc) is 3.09. The van der Waals surface area contributed by atoms with E-state index in [1.165, 1.54) is 12.1 Å². The van der Waals surface area contributed by atoms with Crippen molar-refractivity contribution >= 4 is 5.91 Å². The quantitative estimate of drug-likeness (QED) is 0.895. The van der Waals surface area contributed by atoms with Gasteiger partial charge < -0.3 is 14.8 Å². The Bertz CT molecular complexity index is 792. The SMILES string of the molecule is COC[C@H]1[C@@H](NC(=O)c2ccccc2-c2ccc(F)cc2)[C@@H]2CCO[C@@H]21. The Kier molecular flexibility index (Phi) is 4.74. The first kappa shape index (κ1) is 17.2. The number of carbonyl (C=O) groups excluding carboxylic acids is 1. The Hall–Kier alpha value is -2.24. The fourth-order valence-electron chi connectivity index (χ4n) is 4.23. The maximum atomic E-state index is 13.2. The Morgan fingerprint density at radius 3 is 2.77 bits per heavy atom. The summed E-state index contributed by atoms with van der Waals surface area (Å²) in [6.45, 7) is 1.32. The zero-order valence-corrected chi connectivity index (χ0v) is 14.7. The molecule has 26 heavy (non-hydrogen) atoms. The molecule has 1 saturated heterocycles. The average molecular weight is 355 g/mol. The predicted molar refractivity (Wildman–Crippen MR) is 96.3 cm³/mol. The lowest BCUT2D eigenvalue weighted by Crippen LogP contribution is -2.62. The fraction of sp³-hybridized carbons (Fsp3) is 0.381. The lowest BCUT2D eigenvalue weighted by Gasteiger charge is -2.47. The van der Waals surface area contributed by atoms with Gasteiger partial charge in [0.1, 0.15) is 5.82 Å². The first-order valence-electron chi connectivity index (χ1n) is 8.95. The van der Waals surface area contributed by atoms with Crippen LogP contribution in [0.5, 0.6) is 0 Å². The van der Waals surface area contributed by atoms with Crippen LogP contribution in [0.2, 0.25) is 0 Å². The summed E-state index contributed by atoms with van der Waals surface area (Å²) in [7, 11) is 1.67. The maximum Gasteiger partial charge on any atom is 0.252 e. The zero-order valence-electron chi connectivity index (χ0n) is 14.7. The topological polar surface area (TPSA) is 47.6 Å². The van der Waals surface area contributed by atoms with Gasteiger partial charge in [-0.1, -0.05) is 30.3 Å². The summed E-state index contributed by atoms with van der Waals surface area (Å²) < 4.78 is 24.3. The molecule has 2 fully saturated rings. The van der Waals surface area contributed by atoms with Crippen LogP contribution < -0.4 is 5.32 Å². The van der Waals surface area contributed by atoms with Crippen molar-refractivity contribution in [3.05, 3.63) is 59.9 Å². The third-order valence-electron chi connectivity index (χ3n) is 5.51. The predicted octanol–water partition coefficient (Wildman–Crippen LogP) is 3.27. The second-order valence-corrected chi connectivity index (χ2v) is 6.96. The monoisotopic (exact) mass is 355 g/mol. The van der Waals surface area contributed by atoms with Gasteiger partial charge in [-0.25, -0.2) is 4.39 Å². The number of hydrogen-bond donors (Lipinski definition) is 1. The van der Waals surface area contributed by atoms with Gasteiger partial charge in [-0.2, -0.15) is 0 Å². The van der Waals surface area contributed by atoms with Crippen molar-refractivity contribution in [2.45, 2.75) is 18.6 Å². The van der Waals surface area contributed by atoms with Crippen molar-refractivity contribution in [2.24, 2.45) is 11.8 Å². The molecule has 0 spiro atoms. The smallest absolute Gasteiger partial charge is 0.252 e. The molecule has 1 amide bonds. The third kappa shape index (κ3) is 3.02. The summed E-state index contributed by atoms with van der Waals surface area (Å²) in [6, 6.07) is 13.7. The minimum Gasteiger partial charge on any atom is -0.384 e. The van der Waals surface area contributed by atoms with E-state index >= 15 is 0 Å². The number of carbonyl (C=O) groups is 1. The molecular weight excluding hydrogens is 333 g/mol. The van der Waals surface area contributed by atoms with Crippen molar-refractivity contribution in [3.63, 3.8) is 0 Å². The standard InChI is InChI=1S/C21H22FNO3/c1-25-12-18-19(17-10-11-26-20(17)18)23-21(24)16-5-3-2-4-15(16)13-6-8-14(22)9-7-13/h2-9,17-20H,10-12H2,1H3,(H,23,24)/t17-,18-,19-,20-/m0/s1. The number of ether oxygens (including phenoxy) is 2. The van der Waals surface area contributed by atoms with Crippen LogP contribution >= 0.6 is 0 Å². The molecule has 1 saturated carbocycles. The molecule has 4 rings (SSSR count). The van der Waals surface area contributed by atoms with Crippen LogP contribution in [0.25, 0.3) is 11.1 Å². The van der Waals surface area contributed by atoms with Gasteiger partial charge in [0.15, 0.2) is 0 Å². The molecule has 1 N–H and O–H groups in total. The van der Waals surface area contributed by atoms with E-state index in [2.05, 4.69) is 5.32 Å². The number of benzene rings is 2. The van der Waals surface area contributed by atoms with Crippen LogP contribution in [-0.2, 0) is 9.47 Å². The van der Waals surface area contributed by atoms with Crippen LogP contribution in [0, 0.1) is 17.7 Å². The number of nitrogens with one attached hydrogen (secondary N) is 1. The summed E-state index contributed by atoms with van der Waals surface area (Å²) in [5.74, 6) is 0.146. The molecule has 2 aliphatic rings. The van der Waals surface area contributed by atoms with Crippen LogP contribution in [0.4, 0.5) is 4.39 Å². The molecule has 1 aliphatic heterocycles. The van der Waals surface area contributed by atoms with Crippen LogP contribution in [0.3, 0.4) is 0 Å². The molecule has 4 nitrogen and oxygen atoms in total. The largest absolute Gasteiger partial charge is 0.384 e. The first-order valence-corrected chi connectivity index (χ1v) is 8.95. The highest BCUT2D eigenvalue weighted by Crippen LogP contribution is 2.44. The van der Waals surface area contributed by atoms with E-state index in [1.807, 2.05) is 18.2 Å². The lowest BCUT2D eigenvalue weighted by atomic mass is 9.67. The van der Waals surface area contributed by atoms with E-state index in [4.69, 9.17) is 9.47 Å². The summed E-state index contributed by atoms with van der Waals surface area (Å²) in [4.78, 5) is 13.0. The summed E-state index contributed by atoms with van der Waals surface area (Å²) >= 11 is 0. The Labute approximate surface area is 152 Å². The van der Waals surface area contributed by atoms with Gasteiger partial charge in [-0.05, 0) is 35.7 Å². The minimum atomic E-state index is -0.292. The molecule has 4 atom stereocenters. The van der Waals surface area contributed by atoms with E-state index in [0.717, 1.165) is 24.2 Å². The van der Waals surface area contributed by atoms with Crippen molar-refractivity contribution in [1.29, 1.82) is 0 Å². The first-order chi connectivity index (χ1) is 12.7. The van der Waals surface area contributed by atoms with E-state index < -0.39 is 0 Å². The second-order valence-electron chi connectivity index (χ2n) is 6.96. The van der Waals surface area contributed by atoms with Gasteiger partial charge in [-0.15, -0.1) is 0 Å². The van der Waals surface area contributed by atoms with Crippen molar-refractivity contribution in [3.8, 4) is 11.1 Å². The van der Waals surface area contributed by atoms with Crippen molar-refractivity contribution in [1.82, 2.24) is 5.32 Å². The van der Waals surface area contributed by atoms with Gasteiger partial charge in [0, 0.05) is 37.2 Å². The van der Waals surface area contributed by atoms with Gasteiger partial charge in [-0.3, -0.25) is 4.79 Å². The maximum absolute atomic E-state index is 13.2. The number of halogens is 1. The highest BCUT2D eigenvalue weighted by atomic mass is 19.1. The molecule has 0 aromatic heterocycles. The van der Waals surface area contributed by atoms with Crippen molar-refractivity contribution < 1.29 is 18.7 Å². The van der Waals surface area contributed by atoms with E-state index in [1.54, 1.807) is 25.3 Å². The van der Waals surface area contributed by atoms with Crippen LogP contribution in [0.15, 0.2) is 48.5 Å². The van der Waals surface area contributed by atoms with Crippen LogP contribution in [0.1, 0.15) is 16.8 Å². The molecule has 1 aliphatic carbocycles. The molecule has 0 bridgehead atoms. The van der Waals surface area contributed by atoms with Crippen LogP contribution in [-0.4, -0.2) is 38.4 Å². The van der Waals surface area contributed by atoms with Gasteiger partial charge in [0.05, 0.1) is 12.7 Å². The van der Waals surface area contributed by atoms with E-state index in [0.29, 0.717) is 18.1 Å². The number of methoxy groups -OCH3 is 1. The molecule has 0 radical (unpaired) electrons. The summed E-state index contributed by atoms with van der Waals surface area (Å²) in [5, 5.41) is 3.19. The normalized spacial score (nSPS) is 26.8. The highest BCUT2D eigenvalue weighted by Gasteiger charge is 2.54. The lowest BCUT2D eigenvalue weighted by molar-refractivity contribution is -0.0809.